The molecule has 0 unspecified atom stereocenters. The average Bonchev–Trinajstić information content (AvgIpc) is 2.27. The number of aryl methyl sites for hydroxylation is 1. The molecule has 0 spiro atoms. The van der Waals surface area contributed by atoms with Crippen LogP contribution < -0.4 is 0 Å². The highest BCUT2D eigenvalue weighted by molar-refractivity contribution is 5.99. The van der Waals surface area contributed by atoms with E-state index >= 15 is 0 Å². The predicted molar refractivity (Wildman–Crippen MR) is 66.1 cm³/mol. The third kappa shape index (κ3) is 1.36. The first-order valence-electron chi connectivity index (χ1n) is 5.33. The van der Waals surface area contributed by atoms with Gasteiger partial charge in [0.2, 0.25) is 0 Å². The highest BCUT2D eigenvalue weighted by atomic mass is 19.1. The second-order valence-corrected chi connectivity index (χ2v) is 4.14. The quantitative estimate of drug-likeness (QED) is 0.481. The van der Waals surface area contributed by atoms with Gasteiger partial charge < -0.3 is 0 Å². The van der Waals surface area contributed by atoms with Gasteiger partial charge >= 0.3 is 0 Å². The highest BCUT2D eigenvalue weighted by Crippen LogP contribution is 2.25. The molecule has 78 valence electrons. The van der Waals surface area contributed by atoms with Crippen molar-refractivity contribution in [2.75, 3.05) is 0 Å². The normalized spacial score (nSPS) is 11.1. The molecular weight excluding hydrogens is 199 g/mol. The van der Waals surface area contributed by atoms with E-state index in [1.54, 1.807) is 12.1 Å². The molecule has 0 saturated heterocycles. The minimum atomic E-state index is -0.166. The van der Waals surface area contributed by atoms with Gasteiger partial charge in [-0.3, -0.25) is 0 Å². The third-order valence-electron chi connectivity index (χ3n) is 2.99. The van der Waals surface area contributed by atoms with Crippen molar-refractivity contribution < 1.29 is 4.39 Å². The summed E-state index contributed by atoms with van der Waals surface area (Å²) < 4.78 is 13.3. The van der Waals surface area contributed by atoms with E-state index in [2.05, 4.69) is 18.2 Å². The zero-order valence-electron chi connectivity index (χ0n) is 9.00. The van der Waals surface area contributed by atoms with Crippen molar-refractivity contribution in [3.63, 3.8) is 0 Å². The number of benzene rings is 3. The first kappa shape index (κ1) is 9.34. The summed E-state index contributed by atoms with van der Waals surface area (Å²) in [7, 11) is 0. The third-order valence-corrected chi connectivity index (χ3v) is 2.99. The van der Waals surface area contributed by atoms with Gasteiger partial charge in [-0.25, -0.2) is 4.39 Å². The summed E-state index contributed by atoms with van der Waals surface area (Å²) in [6, 6.07) is 15.5. The zero-order chi connectivity index (χ0) is 11.1. The summed E-state index contributed by atoms with van der Waals surface area (Å²) in [4.78, 5) is 0. The minimum Gasteiger partial charge on any atom is -0.207 e. The van der Waals surface area contributed by atoms with Crippen molar-refractivity contribution in [3.8, 4) is 0 Å². The Hall–Kier alpha value is -1.89. The van der Waals surface area contributed by atoms with Crippen molar-refractivity contribution in [2.45, 2.75) is 6.92 Å². The SMILES string of the molecule is Cc1cc(F)cc2cc3ccccc3cc12. The summed E-state index contributed by atoms with van der Waals surface area (Å²) in [5, 5.41) is 4.45. The van der Waals surface area contributed by atoms with Crippen LogP contribution in [0.3, 0.4) is 0 Å². The maximum atomic E-state index is 13.3. The lowest BCUT2D eigenvalue weighted by molar-refractivity contribution is 0.628. The molecule has 0 atom stereocenters. The number of halogens is 1. The van der Waals surface area contributed by atoms with E-state index in [-0.39, 0.29) is 5.82 Å². The standard InChI is InChI=1S/C15H11F/c1-10-6-14(16)8-13-7-11-4-2-3-5-12(11)9-15(10)13/h2-9H,1H3. The molecule has 0 heterocycles. The lowest BCUT2D eigenvalue weighted by atomic mass is 10.0. The van der Waals surface area contributed by atoms with Gasteiger partial charge in [-0.1, -0.05) is 24.3 Å². The maximum Gasteiger partial charge on any atom is 0.124 e. The van der Waals surface area contributed by atoms with E-state index in [0.29, 0.717) is 0 Å². The molecule has 0 N–H and O–H groups in total. The Kier molecular flexibility index (Phi) is 1.93. The molecule has 0 saturated carbocycles. The predicted octanol–water partition coefficient (Wildman–Crippen LogP) is 4.44. The minimum absolute atomic E-state index is 0.166. The van der Waals surface area contributed by atoms with Gasteiger partial charge in [0, 0.05) is 0 Å². The summed E-state index contributed by atoms with van der Waals surface area (Å²) in [6.45, 7) is 1.94. The monoisotopic (exact) mass is 210 g/mol. The van der Waals surface area contributed by atoms with Crippen molar-refractivity contribution >= 4 is 21.5 Å². The Balaban J connectivity index is 2.51. The number of rotatable bonds is 0. The Bertz CT molecular complexity index is 683. The summed E-state index contributed by atoms with van der Waals surface area (Å²) in [5.41, 5.74) is 0.987. The van der Waals surface area contributed by atoms with Crippen LogP contribution in [0, 0.1) is 12.7 Å². The van der Waals surface area contributed by atoms with Crippen molar-refractivity contribution in [2.24, 2.45) is 0 Å². The van der Waals surface area contributed by atoms with E-state index in [0.717, 1.165) is 21.7 Å². The molecule has 0 fully saturated rings. The lowest BCUT2D eigenvalue weighted by Gasteiger charge is -2.05. The van der Waals surface area contributed by atoms with Gasteiger partial charge in [-0.2, -0.15) is 0 Å². The van der Waals surface area contributed by atoms with E-state index in [1.165, 1.54) is 5.39 Å². The first-order valence-corrected chi connectivity index (χ1v) is 5.33. The van der Waals surface area contributed by atoms with Gasteiger partial charge in [0.05, 0.1) is 0 Å². The van der Waals surface area contributed by atoms with Crippen LogP contribution in [0.1, 0.15) is 5.56 Å². The smallest absolute Gasteiger partial charge is 0.124 e. The van der Waals surface area contributed by atoms with Crippen LogP contribution in [0.15, 0.2) is 48.5 Å². The van der Waals surface area contributed by atoms with Crippen LogP contribution in [0.4, 0.5) is 4.39 Å². The molecule has 0 aromatic heterocycles. The molecule has 0 bridgehead atoms. The molecular formula is C15H11F. The van der Waals surface area contributed by atoms with E-state index in [4.69, 9.17) is 0 Å². The Morgan fingerprint density at radius 2 is 1.50 bits per heavy atom. The van der Waals surface area contributed by atoms with Crippen LogP contribution in [0.25, 0.3) is 21.5 Å². The number of hydrogen-bond acceptors (Lipinski definition) is 0. The Morgan fingerprint density at radius 3 is 2.25 bits per heavy atom. The van der Waals surface area contributed by atoms with E-state index in [1.807, 2.05) is 25.1 Å². The average molecular weight is 210 g/mol. The topological polar surface area (TPSA) is 0 Å². The maximum absolute atomic E-state index is 13.3. The van der Waals surface area contributed by atoms with Gasteiger partial charge in [-0.15, -0.1) is 0 Å². The van der Waals surface area contributed by atoms with Gasteiger partial charge in [0.1, 0.15) is 5.82 Å². The van der Waals surface area contributed by atoms with Gasteiger partial charge in [0.25, 0.3) is 0 Å². The fourth-order valence-electron chi connectivity index (χ4n) is 2.19. The summed E-state index contributed by atoms with van der Waals surface area (Å²) in [6.07, 6.45) is 0. The van der Waals surface area contributed by atoms with Crippen molar-refractivity contribution in [3.05, 3.63) is 59.9 Å². The second kappa shape index (κ2) is 3.31. The molecule has 3 aromatic rings. The van der Waals surface area contributed by atoms with Gasteiger partial charge in [-0.05, 0) is 58.3 Å². The summed E-state index contributed by atoms with van der Waals surface area (Å²) >= 11 is 0. The van der Waals surface area contributed by atoms with Crippen LogP contribution in [-0.2, 0) is 0 Å². The van der Waals surface area contributed by atoms with Crippen molar-refractivity contribution in [1.29, 1.82) is 0 Å². The second-order valence-electron chi connectivity index (χ2n) is 4.14. The Morgan fingerprint density at radius 1 is 0.812 bits per heavy atom. The molecule has 0 nitrogen and oxygen atoms in total. The molecule has 0 aliphatic heterocycles. The van der Waals surface area contributed by atoms with Crippen LogP contribution in [-0.4, -0.2) is 0 Å². The van der Waals surface area contributed by atoms with Crippen LogP contribution >= 0.6 is 0 Å². The van der Waals surface area contributed by atoms with Crippen molar-refractivity contribution in [1.82, 2.24) is 0 Å². The highest BCUT2D eigenvalue weighted by Gasteiger charge is 2.02. The molecule has 0 amide bonds. The number of hydrogen-bond donors (Lipinski definition) is 0. The Labute approximate surface area is 93.3 Å². The number of fused-ring (bicyclic) bond motifs is 2. The lowest BCUT2D eigenvalue weighted by Crippen LogP contribution is -1.83. The molecule has 16 heavy (non-hydrogen) atoms. The molecule has 3 rings (SSSR count). The molecule has 0 aliphatic carbocycles. The van der Waals surface area contributed by atoms with Crippen LogP contribution in [0.5, 0.6) is 0 Å². The molecule has 3 aromatic carbocycles. The van der Waals surface area contributed by atoms with E-state index < -0.39 is 0 Å². The molecule has 0 radical (unpaired) electrons. The van der Waals surface area contributed by atoms with E-state index in [9.17, 15) is 4.39 Å². The fourth-order valence-corrected chi connectivity index (χ4v) is 2.19. The molecule has 0 aliphatic rings. The first-order chi connectivity index (χ1) is 7.74. The van der Waals surface area contributed by atoms with Gasteiger partial charge in [0.15, 0.2) is 0 Å². The largest absolute Gasteiger partial charge is 0.207 e. The fraction of sp³-hybridized carbons (Fsp3) is 0.0667. The van der Waals surface area contributed by atoms with Crippen LogP contribution in [0.2, 0.25) is 0 Å². The zero-order valence-corrected chi connectivity index (χ0v) is 9.00. The summed E-state index contributed by atoms with van der Waals surface area (Å²) in [5.74, 6) is -0.166. The molecule has 1 heteroatoms.